The number of rotatable bonds is 7. The lowest BCUT2D eigenvalue weighted by molar-refractivity contribution is -0.130. The molecule has 140 valence electrons. The molecule has 25 heavy (non-hydrogen) atoms. The fraction of sp³-hybridized carbons (Fsp3) is 0.556. The summed E-state index contributed by atoms with van der Waals surface area (Å²) in [7, 11) is 3.37. The minimum atomic E-state index is -0.123. The van der Waals surface area contributed by atoms with E-state index in [1.165, 1.54) is 4.90 Å². The third-order valence-electron chi connectivity index (χ3n) is 4.20. The second kappa shape index (κ2) is 10.3. The van der Waals surface area contributed by atoms with Gasteiger partial charge in [-0.1, -0.05) is 6.07 Å². The SMILES string of the molecule is Cc1ccc(NC(=O)CCC2CCNC2)c(OCC(=O)N(C)C)c1.Cl. The Balaban J connectivity index is 0.00000312. The van der Waals surface area contributed by atoms with Crippen molar-refractivity contribution in [3.8, 4) is 5.75 Å². The van der Waals surface area contributed by atoms with Gasteiger partial charge in [0.1, 0.15) is 5.75 Å². The van der Waals surface area contributed by atoms with E-state index in [9.17, 15) is 9.59 Å². The van der Waals surface area contributed by atoms with Gasteiger partial charge in [0.05, 0.1) is 5.69 Å². The molecule has 1 atom stereocenters. The van der Waals surface area contributed by atoms with Crippen LogP contribution >= 0.6 is 12.4 Å². The number of anilines is 1. The van der Waals surface area contributed by atoms with Crippen LogP contribution in [-0.4, -0.2) is 50.5 Å². The summed E-state index contributed by atoms with van der Waals surface area (Å²) in [4.78, 5) is 25.4. The first-order valence-electron chi connectivity index (χ1n) is 8.40. The highest BCUT2D eigenvalue weighted by atomic mass is 35.5. The van der Waals surface area contributed by atoms with Crippen molar-refractivity contribution in [3.63, 3.8) is 0 Å². The maximum Gasteiger partial charge on any atom is 0.259 e. The van der Waals surface area contributed by atoms with Crippen LogP contribution in [0.2, 0.25) is 0 Å². The Labute approximate surface area is 155 Å². The zero-order valence-corrected chi connectivity index (χ0v) is 15.9. The van der Waals surface area contributed by atoms with E-state index in [-0.39, 0.29) is 30.8 Å². The normalized spacial score (nSPS) is 16.0. The minimum Gasteiger partial charge on any atom is -0.482 e. The molecule has 1 aliphatic heterocycles. The van der Waals surface area contributed by atoms with Crippen LogP contribution in [0.4, 0.5) is 5.69 Å². The van der Waals surface area contributed by atoms with Crippen molar-refractivity contribution in [1.29, 1.82) is 0 Å². The molecule has 6 nitrogen and oxygen atoms in total. The summed E-state index contributed by atoms with van der Waals surface area (Å²) in [6.07, 6.45) is 2.52. The monoisotopic (exact) mass is 369 g/mol. The molecule has 2 rings (SSSR count). The van der Waals surface area contributed by atoms with Gasteiger partial charge in [0, 0.05) is 20.5 Å². The lowest BCUT2D eigenvalue weighted by Gasteiger charge is -2.15. The van der Waals surface area contributed by atoms with Crippen molar-refractivity contribution in [3.05, 3.63) is 23.8 Å². The van der Waals surface area contributed by atoms with Gasteiger partial charge < -0.3 is 20.3 Å². The van der Waals surface area contributed by atoms with Gasteiger partial charge in [-0.25, -0.2) is 0 Å². The number of carbonyl (C=O) groups excluding carboxylic acids is 2. The van der Waals surface area contributed by atoms with Crippen molar-refractivity contribution in [2.45, 2.75) is 26.2 Å². The quantitative estimate of drug-likeness (QED) is 0.773. The van der Waals surface area contributed by atoms with Gasteiger partial charge in [0.15, 0.2) is 6.61 Å². The number of nitrogens with one attached hydrogen (secondary N) is 2. The van der Waals surface area contributed by atoms with Gasteiger partial charge in [-0.15, -0.1) is 12.4 Å². The second-order valence-corrected chi connectivity index (χ2v) is 6.52. The van der Waals surface area contributed by atoms with E-state index in [0.717, 1.165) is 31.5 Å². The van der Waals surface area contributed by atoms with Crippen LogP contribution in [0.5, 0.6) is 5.75 Å². The number of likely N-dealkylation sites (N-methyl/N-ethyl adjacent to an activating group) is 1. The second-order valence-electron chi connectivity index (χ2n) is 6.52. The zero-order chi connectivity index (χ0) is 17.5. The van der Waals surface area contributed by atoms with Crippen LogP contribution in [0.3, 0.4) is 0 Å². The molecule has 0 spiro atoms. The summed E-state index contributed by atoms with van der Waals surface area (Å²) in [6.45, 7) is 3.94. The number of aryl methyl sites for hydroxylation is 1. The Morgan fingerprint density at radius 2 is 2.12 bits per heavy atom. The van der Waals surface area contributed by atoms with Crippen molar-refractivity contribution in [2.75, 3.05) is 39.1 Å². The molecule has 7 heteroatoms. The van der Waals surface area contributed by atoms with E-state index in [4.69, 9.17) is 4.74 Å². The molecule has 0 aliphatic carbocycles. The molecule has 1 aliphatic rings. The fourth-order valence-electron chi connectivity index (χ4n) is 2.63. The predicted molar refractivity (Wildman–Crippen MR) is 101 cm³/mol. The lowest BCUT2D eigenvalue weighted by Crippen LogP contribution is -2.27. The van der Waals surface area contributed by atoms with E-state index in [1.54, 1.807) is 14.1 Å². The molecule has 1 aromatic rings. The maximum absolute atomic E-state index is 12.2. The van der Waals surface area contributed by atoms with Crippen LogP contribution < -0.4 is 15.4 Å². The predicted octanol–water partition coefficient (Wildman–Crippen LogP) is 2.21. The number of amides is 2. The molecule has 0 aromatic heterocycles. The number of hydrogen-bond acceptors (Lipinski definition) is 4. The Morgan fingerprint density at radius 3 is 2.76 bits per heavy atom. The molecule has 1 aromatic carbocycles. The molecule has 1 heterocycles. The molecule has 2 amide bonds. The Hall–Kier alpha value is -1.79. The van der Waals surface area contributed by atoms with Crippen molar-refractivity contribution >= 4 is 29.9 Å². The average Bonchev–Trinajstić information content (AvgIpc) is 3.06. The Kier molecular flexibility index (Phi) is 8.72. The van der Waals surface area contributed by atoms with Gasteiger partial charge in [-0.2, -0.15) is 0 Å². The Bertz CT molecular complexity index is 587. The molecule has 0 radical (unpaired) electrons. The van der Waals surface area contributed by atoms with Gasteiger partial charge in [-0.3, -0.25) is 9.59 Å². The topological polar surface area (TPSA) is 70.7 Å². The smallest absolute Gasteiger partial charge is 0.259 e. The Morgan fingerprint density at radius 1 is 1.36 bits per heavy atom. The standard InChI is InChI=1S/C18H27N3O3.ClH/c1-13-4-6-15(16(10-13)24-12-18(23)21(2)3)20-17(22)7-5-14-8-9-19-11-14;/h4,6,10,14,19H,5,7-9,11-12H2,1-3H3,(H,20,22);1H. The fourth-order valence-corrected chi connectivity index (χ4v) is 2.63. The van der Waals surface area contributed by atoms with Gasteiger partial charge in [-0.05, 0) is 56.5 Å². The van der Waals surface area contributed by atoms with E-state index in [0.29, 0.717) is 23.8 Å². The molecule has 1 unspecified atom stereocenters. The summed E-state index contributed by atoms with van der Waals surface area (Å²) in [6, 6.07) is 5.57. The first-order chi connectivity index (χ1) is 11.5. The third-order valence-corrected chi connectivity index (χ3v) is 4.20. The van der Waals surface area contributed by atoms with Crippen LogP contribution in [0, 0.1) is 12.8 Å². The molecular weight excluding hydrogens is 342 g/mol. The summed E-state index contributed by atoms with van der Waals surface area (Å²) in [5.41, 5.74) is 1.62. The molecular formula is C18H28ClN3O3. The largest absolute Gasteiger partial charge is 0.482 e. The third kappa shape index (κ3) is 6.92. The number of nitrogens with zero attached hydrogens (tertiary/aromatic N) is 1. The summed E-state index contributed by atoms with van der Waals surface area (Å²) >= 11 is 0. The van der Waals surface area contributed by atoms with Crippen molar-refractivity contribution in [1.82, 2.24) is 10.2 Å². The van der Waals surface area contributed by atoms with Gasteiger partial charge in [0.2, 0.25) is 5.91 Å². The highest BCUT2D eigenvalue weighted by molar-refractivity contribution is 5.92. The molecule has 2 N–H and O–H groups in total. The average molecular weight is 370 g/mol. The highest BCUT2D eigenvalue weighted by Gasteiger charge is 2.16. The zero-order valence-electron chi connectivity index (χ0n) is 15.1. The number of ether oxygens (including phenoxy) is 1. The van der Waals surface area contributed by atoms with E-state index in [2.05, 4.69) is 10.6 Å². The first-order valence-corrected chi connectivity index (χ1v) is 8.40. The lowest BCUT2D eigenvalue weighted by atomic mass is 10.0. The maximum atomic E-state index is 12.2. The van der Waals surface area contributed by atoms with Crippen molar-refractivity contribution in [2.24, 2.45) is 5.92 Å². The van der Waals surface area contributed by atoms with Crippen LogP contribution in [-0.2, 0) is 9.59 Å². The van der Waals surface area contributed by atoms with E-state index in [1.807, 2.05) is 25.1 Å². The number of halogens is 1. The van der Waals surface area contributed by atoms with Crippen LogP contribution in [0.1, 0.15) is 24.8 Å². The summed E-state index contributed by atoms with van der Waals surface area (Å²) < 4.78 is 5.60. The highest BCUT2D eigenvalue weighted by Crippen LogP contribution is 2.26. The van der Waals surface area contributed by atoms with Gasteiger partial charge in [0.25, 0.3) is 5.91 Å². The summed E-state index contributed by atoms with van der Waals surface area (Å²) in [5.74, 6) is 0.973. The first kappa shape index (κ1) is 21.3. The molecule has 0 saturated carbocycles. The number of carbonyl (C=O) groups is 2. The van der Waals surface area contributed by atoms with E-state index >= 15 is 0 Å². The molecule has 0 bridgehead atoms. The summed E-state index contributed by atoms with van der Waals surface area (Å²) in [5, 5.41) is 6.22. The molecule has 1 fully saturated rings. The van der Waals surface area contributed by atoms with Crippen LogP contribution in [0.15, 0.2) is 18.2 Å². The van der Waals surface area contributed by atoms with Crippen molar-refractivity contribution < 1.29 is 14.3 Å². The number of benzene rings is 1. The number of hydrogen-bond donors (Lipinski definition) is 2. The van der Waals surface area contributed by atoms with Crippen LogP contribution in [0.25, 0.3) is 0 Å². The molecule has 1 saturated heterocycles. The van der Waals surface area contributed by atoms with E-state index < -0.39 is 0 Å². The minimum absolute atomic E-state index is 0. The van der Waals surface area contributed by atoms with Gasteiger partial charge >= 0.3 is 0 Å².